The monoisotopic (exact) mass is 418 g/mol. The van der Waals surface area contributed by atoms with E-state index in [0.717, 1.165) is 44.6 Å². The van der Waals surface area contributed by atoms with Gasteiger partial charge in [-0.05, 0) is 49.1 Å². The number of piperidine rings is 1. The molecule has 0 aliphatic carbocycles. The van der Waals surface area contributed by atoms with Crippen LogP contribution in [0.5, 0.6) is 5.75 Å². The van der Waals surface area contributed by atoms with E-state index < -0.39 is 0 Å². The SMILES string of the molecule is O=C(NCCn1cccn1)c1cccc(OC2CCN(CCc3ccccc3)CC2)c1. The smallest absolute Gasteiger partial charge is 0.251 e. The third kappa shape index (κ3) is 6.43. The average molecular weight is 419 g/mol. The Morgan fingerprint density at radius 1 is 1.03 bits per heavy atom. The molecule has 6 nitrogen and oxygen atoms in total. The van der Waals surface area contributed by atoms with Crippen LogP contribution in [0.15, 0.2) is 73.1 Å². The molecule has 1 N–H and O–H groups in total. The van der Waals surface area contributed by atoms with Crippen LogP contribution in [-0.2, 0) is 13.0 Å². The topological polar surface area (TPSA) is 59.4 Å². The summed E-state index contributed by atoms with van der Waals surface area (Å²) in [5, 5.41) is 7.08. The number of aromatic nitrogens is 2. The van der Waals surface area contributed by atoms with Gasteiger partial charge >= 0.3 is 0 Å². The highest BCUT2D eigenvalue weighted by Gasteiger charge is 2.20. The van der Waals surface area contributed by atoms with Crippen LogP contribution in [-0.4, -0.2) is 52.9 Å². The molecule has 0 unspecified atom stereocenters. The van der Waals surface area contributed by atoms with E-state index in [-0.39, 0.29) is 12.0 Å². The normalized spacial score (nSPS) is 15.0. The summed E-state index contributed by atoms with van der Waals surface area (Å²) in [5.74, 6) is 0.677. The van der Waals surface area contributed by atoms with Crippen molar-refractivity contribution in [3.63, 3.8) is 0 Å². The molecule has 1 aliphatic heterocycles. The molecule has 1 saturated heterocycles. The lowest BCUT2D eigenvalue weighted by Gasteiger charge is -2.32. The second-order valence-corrected chi connectivity index (χ2v) is 7.95. The van der Waals surface area contributed by atoms with Crippen LogP contribution in [0, 0.1) is 0 Å². The van der Waals surface area contributed by atoms with Crippen LogP contribution in [0.3, 0.4) is 0 Å². The zero-order chi connectivity index (χ0) is 21.3. The summed E-state index contributed by atoms with van der Waals surface area (Å²) in [6, 6.07) is 20.0. The van der Waals surface area contributed by atoms with E-state index in [2.05, 4.69) is 45.6 Å². The van der Waals surface area contributed by atoms with Crippen molar-refractivity contribution < 1.29 is 9.53 Å². The molecule has 3 aromatic rings. The number of likely N-dealkylation sites (tertiary alicyclic amines) is 1. The third-order valence-electron chi connectivity index (χ3n) is 5.68. The maximum absolute atomic E-state index is 12.4. The first-order chi connectivity index (χ1) is 15.3. The molecule has 2 heterocycles. The number of amides is 1. The quantitative estimate of drug-likeness (QED) is 0.579. The number of ether oxygens (including phenoxy) is 1. The molecular weight excluding hydrogens is 388 g/mol. The van der Waals surface area contributed by atoms with Crippen LogP contribution in [0.4, 0.5) is 0 Å². The molecule has 6 heteroatoms. The summed E-state index contributed by atoms with van der Waals surface area (Å²) < 4.78 is 8.00. The van der Waals surface area contributed by atoms with E-state index in [1.807, 2.05) is 36.5 Å². The van der Waals surface area contributed by atoms with Gasteiger partial charge in [0.1, 0.15) is 11.9 Å². The average Bonchev–Trinajstić information content (AvgIpc) is 3.33. The number of benzene rings is 2. The molecule has 31 heavy (non-hydrogen) atoms. The number of nitrogens with one attached hydrogen (secondary N) is 1. The van der Waals surface area contributed by atoms with E-state index in [4.69, 9.17) is 4.74 Å². The molecule has 1 aromatic heterocycles. The Morgan fingerprint density at radius 3 is 2.65 bits per heavy atom. The van der Waals surface area contributed by atoms with Crippen molar-refractivity contribution in [1.29, 1.82) is 0 Å². The van der Waals surface area contributed by atoms with Gasteiger partial charge in [0.15, 0.2) is 0 Å². The minimum absolute atomic E-state index is 0.0895. The number of nitrogens with zero attached hydrogens (tertiary/aromatic N) is 3. The Labute approximate surface area is 183 Å². The molecule has 4 rings (SSSR count). The standard InChI is InChI=1S/C25H30N4O2/c30-25(26-14-19-29-15-5-13-27-29)22-8-4-9-24(20-22)31-23-11-17-28(18-12-23)16-10-21-6-2-1-3-7-21/h1-9,13,15,20,23H,10-12,14,16-19H2,(H,26,30). The minimum Gasteiger partial charge on any atom is -0.490 e. The second kappa shape index (κ2) is 10.8. The third-order valence-corrected chi connectivity index (χ3v) is 5.68. The number of hydrogen-bond donors (Lipinski definition) is 1. The van der Waals surface area contributed by atoms with Crippen molar-refractivity contribution in [3.05, 3.63) is 84.2 Å². The highest BCUT2D eigenvalue weighted by atomic mass is 16.5. The predicted molar refractivity (Wildman–Crippen MR) is 121 cm³/mol. The van der Waals surface area contributed by atoms with Gasteiger partial charge in [-0.15, -0.1) is 0 Å². The molecule has 0 radical (unpaired) electrons. The molecule has 0 atom stereocenters. The molecule has 2 aromatic carbocycles. The Hall–Kier alpha value is -3.12. The van der Waals surface area contributed by atoms with E-state index in [0.29, 0.717) is 18.7 Å². The molecule has 1 amide bonds. The molecular formula is C25H30N4O2. The maximum Gasteiger partial charge on any atom is 0.251 e. The van der Waals surface area contributed by atoms with Crippen LogP contribution in [0.1, 0.15) is 28.8 Å². The Kier molecular flexibility index (Phi) is 7.34. The molecule has 0 spiro atoms. The Morgan fingerprint density at radius 2 is 1.87 bits per heavy atom. The van der Waals surface area contributed by atoms with Crippen molar-refractivity contribution in [3.8, 4) is 5.75 Å². The summed E-state index contributed by atoms with van der Waals surface area (Å²) in [6.07, 6.45) is 6.92. The maximum atomic E-state index is 12.4. The van der Waals surface area contributed by atoms with Crippen LogP contribution < -0.4 is 10.1 Å². The summed E-state index contributed by atoms with van der Waals surface area (Å²) in [7, 11) is 0. The predicted octanol–water partition coefficient (Wildman–Crippen LogP) is 3.40. The van der Waals surface area contributed by atoms with Gasteiger partial charge in [-0.1, -0.05) is 36.4 Å². The summed E-state index contributed by atoms with van der Waals surface area (Å²) >= 11 is 0. The lowest BCUT2D eigenvalue weighted by Crippen LogP contribution is -2.39. The van der Waals surface area contributed by atoms with Gasteiger partial charge in [-0.25, -0.2) is 0 Å². The summed E-state index contributed by atoms with van der Waals surface area (Å²) in [5.41, 5.74) is 2.01. The highest BCUT2D eigenvalue weighted by Crippen LogP contribution is 2.20. The van der Waals surface area contributed by atoms with E-state index >= 15 is 0 Å². The molecule has 1 aliphatic rings. The van der Waals surface area contributed by atoms with Crippen molar-refractivity contribution >= 4 is 5.91 Å². The van der Waals surface area contributed by atoms with Gasteiger partial charge in [0.05, 0.1) is 6.54 Å². The van der Waals surface area contributed by atoms with E-state index in [1.54, 1.807) is 10.9 Å². The fraction of sp³-hybridized carbons (Fsp3) is 0.360. The summed E-state index contributed by atoms with van der Waals surface area (Å²) in [6.45, 7) is 4.37. The van der Waals surface area contributed by atoms with Gasteiger partial charge in [0.25, 0.3) is 5.91 Å². The zero-order valence-corrected chi connectivity index (χ0v) is 17.8. The largest absolute Gasteiger partial charge is 0.490 e. The van der Waals surface area contributed by atoms with Crippen LogP contribution in [0.2, 0.25) is 0 Å². The number of carbonyl (C=O) groups is 1. The van der Waals surface area contributed by atoms with Crippen molar-refractivity contribution in [1.82, 2.24) is 20.0 Å². The van der Waals surface area contributed by atoms with E-state index in [9.17, 15) is 4.79 Å². The van der Waals surface area contributed by atoms with Gasteiger partial charge in [0.2, 0.25) is 0 Å². The van der Waals surface area contributed by atoms with E-state index in [1.165, 1.54) is 5.56 Å². The fourth-order valence-corrected chi connectivity index (χ4v) is 3.90. The highest BCUT2D eigenvalue weighted by molar-refractivity contribution is 5.94. The Bertz CT molecular complexity index is 935. The fourth-order valence-electron chi connectivity index (χ4n) is 3.90. The first-order valence-corrected chi connectivity index (χ1v) is 11.0. The zero-order valence-electron chi connectivity index (χ0n) is 17.8. The van der Waals surface area contributed by atoms with Gasteiger partial charge in [-0.2, -0.15) is 5.10 Å². The lowest BCUT2D eigenvalue weighted by molar-refractivity contribution is 0.0943. The van der Waals surface area contributed by atoms with Crippen molar-refractivity contribution in [2.24, 2.45) is 0 Å². The minimum atomic E-state index is -0.0895. The Balaban J connectivity index is 1.20. The van der Waals surface area contributed by atoms with Gasteiger partial charge < -0.3 is 15.0 Å². The number of rotatable bonds is 9. The van der Waals surface area contributed by atoms with Crippen LogP contribution >= 0.6 is 0 Å². The number of carbonyl (C=O) groups excluding carboxylic acids is 1. The first-order valence-electron chi connectivity index (χ1n) is 11.0. The van der Waals surface area contributed by atoms with Crippen molar-refractivity contribution in [2.75, 3.05) is 26.2 Å². The lowest BCUT2D eigenvalue weighted by atomic mass is 10.1. The van der Waals surface area contributed by atoms with Gasteiger partial charge in [-0.3, -0.25) is 9.48 Å². The molecule has 1 fully saturated rings. The van der Waals surface area contributed by atoms with Crippen molar-refractivity contribution in [2.45, 2.75) is 31.9 Å². The molecule has 0 saturated carbocycles. The summed E-state index contributed by atoms with van der Waals surface area (Å²) in [4.78, 5) is 15.0. The second-order valence-electron chi connectivity index (χ2n) is 7.95. The number of hydrogen-bond acceptors (Lipinski definition) is 4. The first kappa shape index (κ1) is 21.1. The van der Waals surface area contributed by atoms with Gasteiger partial charge in [0, 0.05) is 44.1 Å². The molecule has 0 bridgehead atoms. The van der Waals surface area contributed by atoms with Crippen LogP contribution in [0.25, 0.3) is 0 Å². The molecule has 162 valence electrons.